The van der Waals surface area contributed by atoms with Gasteiger partial charge in [0.05, 0.1) is 6.61 Å². The number of likely N-dealkylation sites (tertiary alicyclic amines) is 1. The summed E-state index contributed by atoms with van der Waals surface area (Å²) in [7, 11) is 0. The van der Waals surface area contributed by atoms with Crippen molar-refractivity contribution < 1.29 is 4.74 Å². The molecule has 1 saturated heterocycles. The minimum Gasteiger partial charge on any atom is -0.494 e. The minimum absolute atomic E-state index is 0.794. The SMILES string of the molecule is CCCOc1ccc(NCCCN2CCCC2)cc1. The van der Waals surface area contributed by atoms with Crippen LogP contribution in [0.2, 0.25) is 0 Å². The Morgan fingerprint density at radius 1 is 1.16 bits per heavy atom. The van der Waals surface area contributed by atoms with Gasteiger partial charge in [0, 0.05) is 12.2 Å². The lowest BCUT2D eigenvalue weighted by molar-refractivity contribution is 0.317. The largest absolute Gasteiger partial charge is 0.494 e. The summed E-state index contributed by atoms with van der Waals surface area (Å²) < 4.78 is 5.57. The summed E-state index contributed by atoms with van der Waals surface area (Å²) in [5.41, 5.74) is 1.19. The van der Waals surface area contributed by atoms with Gasteiger partial charge >= 0.3 is 0 Å². The van der Waals surface area contributed by atoms with Gasteiger partial charge in [-0.1, -0.05) is 6.92 Å². The van der Waals surface area contributed by atoms with Crippen molar-refractivity contribution in [3.05, 3.63) is 24.3 Å². The molecule has 2 rings (SSSR count). The van der Waals surface area contributed by atoms with E-state index < -0.39 is 0 Å². The van der Waals surface area contributed by atoms with E-state index in [0.29, 0.717) is 0 Å². The highest BCUT2D eigenvalue weighted by molar-refractivity contribution is 5.46. The Kier molecular flexibility index (Phi) is 6.02. The number of ether oxygens (including phenoxy) is 1. The first-order valence-corrected chi connectivity index (χ1v) is 7.57. The van der Waals surface area contributed by atoms with Gasteiger partial charge in [0.25, 0.3) is 0 Å². The monoisotopic (exact) mass is 262 g/mol. The second kappa shape index (κ2) is 8.05. The predicted octanol–water partition coefficient (Wildman–Crippen LogP) is 3.37. The highest BCUT2D eigenvalue weighted by Gasteiger charge is 2.09. The van der Waals surface area contributed by atoms with Crippen molar-refractivity contribution in [2.45, 2.75) is 32.6 Å². The first kappa shape index (κ1) is 14.2. The first-order chi connectivity index (χ1) is 9.38. The van der Waals surface area contributed by atoms with E-state index in [9.17, 15) is 0 Å². The van der Waals surface area contributed by atoms with E-state index >= 15 is 0 Å². The Labute approximate surface area is 116 Å². The van der Waals surface area contributed by atoms with E-state index in [0.717, 1.165) is 25.3 Å². The third-order valence-corrected chi connectivity index (χ3v) is 3.51. The molecule has 1 N–H and O–H groups in total. The summed E-state index contributed by atoms with van der Waals surface area (Å²) in [4.78, 5) is 2.56. The predicted molar refractivity (Wildman–Crippen MR) is 81.0 cm³/mol. The summed E-state index contributed by atoms with van der Waals surface area (Å²) in [5.74, 6) is 0.962. The maximum atomic E-state index is 5.57. The number of hydrogen-bond donors (Lipinski definition) is 1. The van der Waals surface area contributed by atoms with E-state index in [1.807, 2.05) is 12.1 Å². The fourth-order valence-electron chi connectivity index (χ4n) is 2.43. The van der Waals surface area contributed by atoms with Gasteiger partial charge in [-0.05, 0) is 69.6 Å². The van der Waals surface area contributed by atoms with E-state index in [2.05, 4.69) is 29.3 Å². The van der Waals surface area contributed by atoms with Crippen molar-refractivity contribution in [1.29, 1.82) is 0 Å². The molecule has 0 bridgehead atoms. The summed E-state index contributed by atoms with van der Waals surface area (Å²) in [6.07, 6.45) is 5.03. The molecule has 19 heavy (non-hydrogen) atoms. The molecule has 0 radical (unpaired) electrons. The van der Waals surface area contributed by atoms with Crippen molar-refractivity contribution in [2.24, 2.45) is 0 Å². The van der Waals surface area contributed by atoms with Crippen LogP contribution >= 0.6 is 0 Å². The van der Waals surface area contributed by atoms with E-state index in [4.69, 9.17) is 4.74 Å². The topological polar surface area (TPSA) is 24.5 Å². The molecule has 0 aliphatic carbocycles. The number of anilines is 1. The van der Waals surface area contributed by atoms with Crippen molar-refractivity contribution in [3.8, 4) is 5.75 Å². The van der Waals surface area contributed by atoms with Crippen LogP contribution in [-0.4, -0.2) is 37.7 Å². The standard InChI is InChI=1S/C16H26N2O/c1-2-14-19-16-8-6-15(7-9-16)17-10-5-13-18-11-3-4-12-18/h6-9,17H,2-5,10-14H2,1H3. The zero-order chi connectivity index (χ0) is 13.3. The Bertz CT molecular complexity index is 344. The molecule has 0 unspecified atom stereocenters. The lowest BCUT2D eigenvalue weighted by Gasteiger charge is -2.14. The summed E-state index contributed by atoms with van der Waals surface area (Å²) in [6.45, 7) is 7.78. The molecule has 3 nitrogen and oxygen atoms in total. The van der Waals surface area contributed by atoms with E-state index in [1.54, 1.807) is 0 Å². The van der Waals surface area contributed by atoms with Crippen LogP contribution in [0.1, 0.15) is 32.6 Å². The van der Waals surface area contributed by atoms with Gasteiger partial charge in [0.15, 0.2) is 0 Å². The Morgan fingerprint density at radius 3 is 2.58 bits per heavy atom. The lowest BCUT2D eigenvalue weighted by Crippen LogP contribution is -2.22. The maximum absolute atomic E-state index is 5.57. The number of hydrogen-bond acceptors (Lipinski definition) is 3. The number of benzene rings is 1. The fourth-order valence-corrected chi connectivity index (χ4v) is 2.43. The van der Waals surface area contributed by atoms with E-state index in [-0.39, 0.29) is 0 Å². The molecule has 0 amide bonds. The summed E-state index contributed by atoms with van der Waals surface area (Å²) in [6, 6.07) is 8.28. The molecule has 1 aromatic carbocycles. The van der Waals surface area contributed by atoms with Gasteiger partial charge in [0.1, 0.15) is 5.75 Å². The molecule has 0 spiro atoms. The minimum atomic E-state index is 0.794. The number of nitrogens with one attached hydrogen (secondary N) is 1. The highest BCUT2D eigenvalue weighted by Crippen LogP contribution is 2.16. The zero-order valence-electron chi connectivity index (χ0n) is 12.0. The number of rotatable bonds is 8. The van der Waals surface area contributed by atoms with Gasteiger partial charge in [0.2, 0.25) is 0 Å². The van der Waals surface area contributed by atoms with Crippen LogP contribution in [0, 0.1) is 0 Å². The van der Waals surface area contributed by atoms with Crippen molar-refractivity contribution in [1.82, 2.24) is 4.90 Å². The van der Waals surface area contributed by atoms with Crippen LogP contribution in [-0.2, 0) is 0 Å². The van der Waals surface area contributed by atoms with Crippen LogP contribution in [0.3, 0.4) is 0 Å². The quantitative estimate of drug-likeness (QED) is 0.727. The highest BCUT2D eigenvalue weighted by atomic mass is 16.5. The fraction of sp³-hybridized carbons (Fsp3) is 0.625. The molecule has 1 heterocycles. The van der Waals surface area contributed by atoms with Crippen LogP contribution in [0.15, 0.2) is 24.3 Å². The summed E-state index contributed by atoms with van der Waals surface area (Å²) in [5, 5.41) is 3.47. The molecular formula is C16H26N2O. The molecule has 0 atom stereocenters. The molecule has 0 saturated carbocycles. The van der Waals surface area contributed by atoms with Crippen LogP contribution in [0.25, 0.3) is 0 Å². The molecule has 106 valence electrons. The molecule has 3 heteroatoms. The third-order valence-electron chi connectivity index (χ3n) is 3.51. The average molecular weight is 262 g/mol. The second-order valence-electron chi connectivity index (χ2n) is 5.20. The molecular weight excluding hydrogens is 236 g/mol. The molecule has 1 aromatic rings. The van der Waals surface area contributed by atoms with Gasteiger partial charge < -0.3 is 15.0 Å². The molecule has 1 aliphatic rings. The van der Waals surface area contributed by atoms with Crippen LogP contribution in [0.4, 0.5) is 5.69 Å². The number of nitrogens with zero attached hydrogens (tertiary/aromatic N) is 1. The smallest absolute Gasteiger partial charge is 0.119 e. The maximum Gasteiger partial charge on any atom is 0.119 e. The Morgan fingerprint density at radius 2 is 1.89 bits per heavy atom. The molecule has 1 fully saturated rings. The van der Waals surface area contributed by atoms with Crippen molar-refractivity contribution >= 4 is 5.69 Å². The average Bonchev–Trinajstić information content (AvgIpc) is 2.96. The zero-order valence-corrected chi connectivity index (χ0v) is 12.0. The van der Waals surface area contributed by atoms with Gasteiger partial charge in [-0.3, -0.25) is 0 Å². The van der Waals surface area contributed by atoms with Crippen molar-refractivity contribution in [2.75, 3.05) is 38.1 Å². The Balaban J connectivity index is 1.62. The van der Waals surface area contributed by atoms with Gasteiger partial charge in [-0.25, -0.2) is 0 Å². The van der Waals surface area contributed by atoms with Crippen molar-refractivity contribution in [3.63, 3.8) is 0 Å². The molecule has 0 aromatic heterocycles. The summed E-state index contributed by atoms with van der Waals surface area (Å²) >= 11 is 0. The normalized spacial score (nSPS) is 15.6. The van der Waals surface area contributed by atoms with Gasteiger partial charge in [-0.15, -0.1) is 0 Å². The van der Waals surface area contributed by atoms with Gasteiger partial charge in [-0.2, -0.15) is 0 Å². The van der Waals surface area contributed by atoms with Crippen LogP contribution < -0.4 is 10.1 Å². The first-order valence-electron chi connectivity index (χ1n) is 7.57. The Hall–Kier alpha value is -1.22. The van der Waals surface area contributed by atoms with Crippen LogP contribution in [0.5, 0.6) is 5.75 Å². The molecule has 1 aliphatic heterocycles. The third kappa shape index (κ3) is 5.11. The second-order valence-corrected chi connectivity index (χ2v) is 5.20. The van der Waals surface area contributed by atoms with E-state index in [1.165, 1.54) is 44.6 Å². The lowest BCUT2D eigenvalue weighted by atomic mass is 10.3.